The van der Waals surface area contributed by atoms with E-state index in [9.17, 15) is 9.90 Å². The van der Waals surface area contributed by atoms with E-state index in [4.69, 9.17) is 14.2 Å². The predicted molar refractivity (Wildman–Crippen MR) is 108 cm³/mol. The summed E-state index contributed by atoms with van der Waals surface area (Å²) in [5.74, 6) is 1.14. The van der Waals surface area contributed by atoms with Crippen LogP contribution in [0.2, 0.25) is 0 Å². The molecule has 0 bridgehead atoms. The molecule has 29 heavy (non-hydrogen) atoms. The number of benzene rings is 2. The number of carbonyl (C=O) groups excluding carboxylic acids is 1. The Bertz CT molecular complexity index is 876. The van der Waals surface area contributed by atoms with E-state index in [0.717, 1.165) is 24.0 Å². The van der Waals surface area contributed by atoms with E-state index in [-0.39, 0.29) is 25.2 Å². The number of hydrogen-bond donors (Lipinski definition) is 2. The molecule has 2 aromatic rings. The van der Waals surface area contributed by atoms with E-state index < -0.39 is 5.60 Å². The number of rotatable bonds is 6. The molecule has 2 N–H and O–H groups in total. The molecule has 0 aliphatic carbocycles. The smallest absolute Gasteiger partial charge is 0.244 e. The number of aliphatic hydroxyl groups is 1. The Kier molecular flexibility index (Phi) is 5.83. The van der Waals surface area contributed by atoms with Crippen LogP contribution in [0.1, 0.15) is 24.0 Å². The zero-order valence-corrected chi connectivity index (χ0v) is 16.2. The van der Waals surface area contributed by atoms with E-state index in [2.05, 4.69) is 5.32 Å². The van der Waals surface area contributed by atoms with Crippen molar-refractivity contribution in [2.75, 3.05) is 26.6 Å². The van der Waals surface area contributed by atoms with Crippen molar-refractivity contribution in [1.29, 1.82) is 0 Å². The van der Waals surface area contributed by atoms with Gasteiger partial charge in [-0.15, -0.1) is 0 Å². The fourth-order valence-electron chi connectivity index (χ4n) is 3.85. The van der Waals surface area contributed by atoms with Crippen molar-refractivity contribution in [2.45, 2.75) is 18.4 Å². The third-order valence-corrected chi connectivity index (χ3v) is 5.53. The minimum atomic E-state index is -1.13. The van der Waals surface area contributed by atoms with Crippen LogP contribution in [0.15, 0.2) is 54.6 Å². The SMILES string of the molecule is O=C(C=Cc1ccc2c(c1)OCO2)NCC(O)(c1ccccc1)C1CCOCC1. The molecule has 1 saturated heterocycles. The summed E-state index contributed by atoms with van der Waals surface area (Å²) in [6.45, 7) is 1.61. The second-order valence-electron chi connectivity index (χ2n) is 7.34. The Morgan fingerprint density at radius 1 is 1.10 bits per heavy atom. The van der Waals surface area contributed by atoms with Gasteiger partial charge < -0.3 is 24.6 Å². The lowest BCUT2D eigenvalue weighted by atomic mass is 9.77. The highest BCUT2D eigenvalue weighted by Crippen LogP contribution is 2.36. The molecule has 1 atom stereocenters. The van der Waals surface area contributed by atoms with Gasteiger partial charge in [0.2, 0.25) is 12.7 Å². The number of carbonyl (C=O) groups is 1. The summed E-state index contributed by atoms with van der Waals surface area (Å²) >= 11 is 0. The number of ether oxygens (including phenoxy) is 3. The third kappa shape index (κ3) is 4.44. The van der Waals surface area contributed by atoms with Gasteiger partial charge in [0.25, 0.3) is 0 Å². The first-order chi connectivity index (χ1) is 14.1. The molecule has 0 saturated carbocycles. The van der Waals surface area contributed by atoms with Gasteiger partial charge in [-0.3, -0.25) is 4.79 Å². The molecule has 152 valence electrons. The first-order valence-electron chi connectivity index (χ1n) is 9.86. The molecule has 1 unspecified atom stereocenters. The van der Waals surface area contributed by atoms with Crippen LogP contribution in [0.5, 0.6) is 11.5 Å². The molecule has 6 nitrogen and oxygen atoms in total. The molecule has 0 aromatic heterocycles. The Morgan fingerprint density at radius 2 is 1.86 bits per heavy atom. The summed E-state index contributed by atoms with van der Waals surface area (Å²) in [6, 6.07) is 15.0. The van der Waals surface area contributed by atoms with Gasteiger partial charge in [-0.25, -0.2) is 0 Å². The van der Waals surface area contributed by atoms with Crippen LogP contribution in [0.3, 0.4) is 0 Å². The highest BCUT2D eigenvalue weighted by molar-refractivity contribution is 5.91. The Labute approximate surface area is 170 Å². The van der Waals surface area contributed by atoms with Crippen molar-refractivity contribution in [2.24, 2.45) is 5.92 Å². The van der Waals surface area contributed by atoms with Crippen molar-refractivity contribution in [3.05, 3.63) is 65.7 Å². The number of fused-ring (bicyclic) bond motifs is 1. The lowest BCUT2D eigenvalue weighted by Crippen LogP contribution is -2.47. The van der Waals surface area contributed by atoms with Gasteiger partial charge in [-0.05, 0) is 48.1 Å². The molecule has 2 aliphatic rings. The van der Waals surface area contributed by atoms with Crippen LogP contribution >= 0.6 is 0 Å². The van der Waals surface area contributed by atoms with Crippen molar-refractivity contribution >= 4 is 12.0 Å². The first kappa shape index (κ1) is 19.5. The third-order valence-electron chi connectivity index (χ3n) is 5.53. The van der Waals surface area contributed by atoms with Crippen molar-refractivity contribution < 1.29 is 24.1 Å². The van der Waals surface area contributed by atoms with Crippen molar-refractivity contribution in [1.82, 2.24) is 5.32 Å². The minimum absolute atomic E-state index is 0.0248. The monoisotopic (exact) mass is 395 g/mol. The maximum atomic E-state index is 12.4. The second kappa shape index (κ2) is 8.68. The van der Waals surface area contributed by atoms with Gasteiger partial charge in [0.1, 0.15) is 5.60 Å². The van der Waals surface area contributed by atoms with Crippen molar-refractivity contribution in [3.63, 3.8) is 0 Å². The molecule has 2 aromatic carbocycles. The van der Waals surface area contributed by atoms with Gasteiger partial charge in [0, 0.05) is 19.3 Å². The van der Waals surface area contributed by atoms with Crippen LogP contribution in [-0.2, 0) is 15.1 Å². The van der Waals surface area contributed by atoms with E-state index in [0.29, 0.717) is 24.7 Å². The highest BCUT2D eigenvalue weighted by atomic mass is 16.7. The largest absolute Gasteiger partial charge is 0.454 e. The van der Waals surface area contributed by atoms with Crippen LogP contribution in [0.4, 0.5) is 0 Å². The zero-order chi connectivity index (χ0) is 20.1. The Hall–Kier alpha value is -2.83. The van der Waals surface area contributed by atoms with Gasteiger partial charge >= 0.3 is 0 Å². The molecule has 1 amide bonds. The molecular weight excluding hydrogens is 370 g/mol. The molecule has 1 fully saturated rings. The first-order valence-corrected chi connectivity index (χ1v) is 9.86. The number of amides is 1. The van der Waals surface area contributed by atoms with Crippen LogP contribution in [0, 0.1) is 5.92 Å². The number of hydrogen-bond acceptors (Lipinski definition) is 5. The van der Waals surface area contributed by atoms with Crippen LogP contribution < -0.4 is 14.8 Å². The average Bonchev–Trinajstić information content (AvgIpc) is 3.25. The fourth-order valence-corrected chi connectivity index (χ4v) is 3.85. The second-order valence-corrected chi connectivity index (χ2v) is 7.34. The summed E-state index contributed by atoms with van der Waals surface area (Å²) < 4.78 is 16.1. The zero-order valence-electron chi connectivity index (χ0n) is 16.2. The number of nitrogens with one attached hydrogen (secondary N) is 1. The molecular formula is C23H25NO5. The van der Waals surface area contributed by atoms with Crippen LogP contribution in [0.25, 0.3) is 6.08 Å². The normalized spacial score (nSPS) is 18.5. The topological polar surface area (TPSA) is 77.0 Å². The standard InChI is InChI=1S/C23H25NO5/c25-22(9-7-17-6-8-20-21(14-17)29-16-28-20)24-15-23(26,18-4-2-1-3-5-18)19-10-12-27-13-11-19/h1-9,14,19,26H,10-13,15-16H2,(H,24,25). The van der Waals surface area contributed by atoms with Gasteiger partial charge in [0.15, 0.2) is 11.5 Å². The van der Waals surface area contributed by atoms with Crippen LogP contribution in [-0.4, -0.2) is 37.6 Å². The Balaban J connectivity index is 1.43. The summed E-state index contributed by atoms with van der Waals surface area (Å²) in [4.78, 5) is 12.4. The molecule has 2 heterocycles. The van der Waals surface area contributed by atoms with E-state index in [1.54, 1.807) is 6.08 Å². The summed E-state index contributed by atoms with van der Waals surface area (Å²) in [5, 5.41) is 14.4. The van der Waals surface area contributed by atoms with E-state index in [1.807, 2.05) is 48.5 Å². The highest BCUT2D eigenvalue weighted by Gasteiger charge is 2.39. The summed E-state index contributed by atoms with van der Waals surface area (Å²) in [7, 11) is 0. The molecule has 2 aliphatic heterocycles. The lowest BCUT2D eigenvalue weighted by molar-refractivity contribution is -0.119. The average molecular weight is 395 g/mol. The van der Waals surface area contributed by atoms with Crippen molar-refractivity contribution in [3.8, 4) is 11.5 Å². The summed E-state index contributed by atoms with van der Waals surface area (Å²) in [5.41, 5.74) is 0.520. The minimum Gasteiger partial charge on any atom is -0.454 e. The van der Waals surface area contributed by atoms with Gasteiger partial charge in [0.05, 0.1) is 6.54 Å². The molecule has 6 heteroatoms. The van der Waals surface area contributed by atoms with Gasteiger partial charge in [-0.2, -0.15) is 0 Å². The Morgan fingerprint density at radius 3 is 2.66 bits per heavy atom. The maximum Gasteiger partial charge on any atom is 0.244 e. The van der Waals surface area contributed by atoms with Gasteiger partial charge in [-0.1, -0.05) is 36.4 Å². The summed E-state index contributed by atoms with van der Waals surface area (Å²) in [6.07, 6.45) is 4.70. The molecule has 4 rings (SSSR count). The van der Waals surface area contributed by atoms with E-state index >= 15 is 0 Å². The fraction of sp³-hybridized carbons (Fsp3) is 0.348. The quantitative estimate of drug-likeness (QED) is 0.736. The molecule has 0 radical (unpaired) electrons. The lowest BCUT2D eigenvalue weighted by Gasteiger charge is -2.39. The molecule has 0 spiro atoms. The van der Waals surface area contributed by atoms with E-state index in [1.165, 1.54) is 6.08 Å². The predicted octanol–water partition coefficient (Wildman–Crippen LogP) is 2.86. The maximum absolute atomic E-state index is 12.4.